The van der Waals surface area contributed by atoms with Crippen molar-refractivity contribution in [3.8, 4) is 0 Å². The van der Waals surface area contributed by atoms with Crippen LogP contribution in [-0.4, -0.2) is 17.6 Å². The first-order chi connectivity index (χ1) is 10.2. The summed E-state index contributed by atoms with van der Waals surface area (Å²) >= 11 is 1.56. The van der Waals surface area contributed by atoms with Crippen molar-refractivity contribution in [3.05, 3.63) is 46.5 Å². The van der Waals surface area contributed by atoms with Gasteiger partial charge in [-0.05, 0) is 19.4 Å². The maximum absolute atomic E-state index is 11.3. The number of aromatic nitrogens is 1. The number of rotatable bonds is 7. The van der Waals surface area contributed by atoms with Crippen molar-refractivity contribution >= 4 is 22.4 Å². The van der Waals surface area contributed by atoms with Gasteiger partial charge in [0.1, 0.15) is 0 Å². The normalized spacial score (nSPS) is 10.4. The number of nitrogens with one attached hydrogen (secondary N) is 1. The molecule has 0 fully saturated rings. The zero-order valence-electron chi connectivity index (χ0n) is 12.4. The van der Waals surface area contributed by atoms with Gasteiger partial charge in [-0.1, -0.05) is 29.8 Å². The molecule has 21 heavy (non-hydrogen) atoms. The summed E-state index contributed by atoms with van der Waals surface area (Å²) in [5.41, 5.74) is 3.42. The minimum atomic E-state index is -0.167. The van der Waals surface area contributed by atoms with Crippen molar-refractivity contribution in [2.24, 2.45) is 0 Å². The highest BCUT2D eigenvalue weighted by Gasteiger charge is 2.06. The smallest absolute Gasteiger partial charge is 0.306 e. The number of esters is 1. The number of ether oxygens (including phenoxy) is 1. The van der Waals surface area contributed by atoms with E-state index < -0.39 is 0 Å². The molecule has 1 N–H and O–H groups in total. The van der Waals surface area contributed by atoms with Crippen LogP contribution in [0.4, 0.5) is 5.13 Å². The lowest BCUT2D eigenvalue weighted by molar-refractivity contribution is -0.143. The van der Waals surface area contributed by atoms with Crippen LogP contribution in [0.2, 0.25) is 0 Å². The molecule has 0 saturated carbocycles. The summed E-state index contributed by atoms with van der Waals surface area (Å²) in [6.07, 6.45) is 1.01. The standard InChI is InChI=1S/C16H20N2O2S/c1-3-20-15(19)8-7-14-11-21-16(18-14)17-10-13-6-4-5-12(2)9-13/h4-6,9,11H,3,7-8,10H2,1-2H3,(H,17,18). The molecule has 0 aliphatic heterocycles. The number of anilines is 1. The molecule has 2 aromatic rings. The predicted octanol–water partition coefficient (Wildman–Crippen LogP) is 3.56. The van der Waals surface area contributed by atoms with E-state index in [0.29, 0.717) is 19.4 Å². The summed E-state index contributed by atoms with van der Waals surface area (Å²) in [5, 5.41) is 6.18. The quantitative estimate of drug-likeness (QED) is 0.795. The molecule has 0 radical (unpaired) electrons. The van der Waals surface area contributed by atoms with E-state index in [2.05, 4.69) is 41.5 Å². The molecule has 0 atom stereocenters. The summed E-state index contributed by atoms with van der Waals surface area (Å²) in [5.74, 6) is -0.167. The molecule has 5 heteroatoms. The topological polar surface area (TPSA) is 51.2 Å². The van der Waals surface area contributed by atoms with Crippen LogP contribution < -0.4 is 5.32 Å². The molecule has 1 aromatic heterocycles. The number of carbonyl (C=O) groups excluding carboxylic acids is 1. The van der Waals surface area contributed by atoms with Gasteiger partial charge in [-0.2, -0.15) is 0 Å². The molecule has 0 saturated heterocycles. The van der Waals surface area contributed by atoms with Gasteiger partial charge < -0.3 is 10.1 Å². The average Bonchev–Trinajstić information content (AvgIpc) is 2.91. The van der Waals surface area contributed by atoms with Crippen molar-refractivity contribution < 1.29 is 9.53 Å². The second-order valence-electron chi connectivity index (χ2n) is 4.79. The molecule has 4 nitrogen and oxygen atoms in total. The van der Waals surface area contributed by atoms with E-state index in [1.807, 2.05) is 12.3 Å². The Balaban J connectivity index is 1.81. The molecule has 0 spiro atoms. The van der Waals surface area contributed by atoms with Crippen LogP contribution in [0.15, 0.2) is 29.6 Å². The molecular formula is C16H20N2O2S. The van der Waals surface area contributed by atoms with Gasteiger partial charge in [0.2, 0.25) is 0 Å². The molecule has 0 aliphatic rings. The van der Waals surface area contributed by atoms with E-state index in [0.717, 1.165) is 17.4 Å². The Labute approximate surface area is 129 Å². The van der Waals surface area contributed by atoms with Crippen molar-refractivity contribution in [1.82, 2.24) is 4.98 Å². The van der Waals surface area contributed by atoms with E-state index >= 15 is 0 Å². The molecule has 2 rings (SSSR count). The lowest BCUT2D eigenvalue weighted by Gasteiger charge is -2.03. The van der Waals surface area contributed by atoms with E-state index in [1.54, 1.807) is 11.3 Å². The van der Waals surface area contributed by atoms with Gasteiger partial charge in [-0.25, -0.2) is 4.98 Å². The Morgan fingerprint density at radius 2 is 2.29 bits per heavy atom. The van der Waals surface area contributed by atoms with E-state index in [-0.39, 0.29) is 5.97 Å². The first-order valence-corrected chi connectivity index (χ1v) is 7.94. The van der Waals surface area contributed by atoms with Crippen molar-refractivity contribution in [2.75, 3.05) is 11.9 Å². The highest BCUT2D eigenvalue weighted by Crippen LogP contribution is 2.18. The Bertz CT molecular complexity index is 595. The molecule has 0 aliphatic carbocycles. The van der Waals surface area contributed by atoms with Gasteiger partial charge in [-0.3, -0.25) is 4.79 Å². The molecule has 0 amide bonds. The molecule has 0 unspecified atom stereocenters. The van der Waals surface area contributed by atoms with Crippen LogP contribution in [-0.2, 0) is 22.5 Å². The number of benzene rings is 1. The van der Waals surface area contributed by atoms with Crippen LogP contribution in [0.1, 0.15) is 30.2 Å². The van der Waals surface area contributed by atoms with Crippen LogP contribution in [0.5, 0.6) is 0 Å². The van der Waals surface area contributed by atoms with Gasteiger partial charge >= 0.3 is 5.97 Å². The van der Waals surface area contributed by atoms with E-state index in [9.17, 15) is 4.79 Å². The number of carbonyl (C=O) groups is 1. The molecule has 0 bridgehead atoms. The van der Waals surface area contributed by atoms with Gasteiger partial charge in [0.15, 0.2) is 5.13 Å². The summed E-state index contributed by atoms with van der Waals surface area (Å²) in [6, 6.07) is 8.39. The minimum Gasteiger partial charge on any atom is -0.466 e. The summed E-state index contributed by atoms with van der Waals surface area (Å²) < 4.78 is 4.91. The molecule has 1 aromatic carbocycles. The van der Waals surface area contributed by atoms with Crippen LogP contribution in [0.25, 0.3) is 0 Å². The lowest BCUT2D eigenvalue weighted by Crippen LogP contribution is -2.05. The first kappa shape index (κ1) is 15.5. The largest absolute Gasteiger partial charge is 0.466 e. The Morgan fingerprint density at radius 3 is 3.05 bits per heavy atom. The fourth-order valence-corrected chi connectivity index (χ4v) is 2.71. The SMILES string of the molecule is CCOC(=O)CCc1csc(NCc2cccc(C)c2)n1. The Hall–Kier alpha value is -1.88. The molecule has 1 heterocycles. The third-order valence-corrected chi connectivity index (χ3v) is 3.82. The van der Waals surface area contributed by atoms with Gasteiger partial charge in [-0.15, -0.1) is 11.3 Å². The minimum absolute atomic E-state index is 0.167. The van der Waals surface area contributed by atoms with Gasteiger partial charge in [0.25, 0.3) is 0 Å². The summed E-state index contributed by atoms with van der Waals surface area (Å²) in [7, 11) is 0. The average molecular weight is 304 g/mol. The third-order valence-electron chi connectivity index (χ3n) is 2.97. The van der Waals surface area contributed by atoms with E-state index in [1.165, 1.54) is 11.1 Å². The number of hydrogen-bond acceptors (Lipinski definition) is 5. The molecule has 112 valence electrons. The predicted molar refractivity (Wildman–Crippen MR) is 85.6 cm³/mol. The maximum Gasteiger partial charge on any atom is 0.306 e. The fraction of sp³-hybridized carbons (Fsp3) is 0.375. The number of thiazole rings is 1. The number of hydrogen-bond donors (Lipinski definition) is 1. The van der Waals surface area contributed by atoms with Gasteiger partial charge in [0.05, 0.1) is 18.7 Å². The monoisotopic (exact) mass is 304 g/mol. The Morgan fingerprint density at radius 1 is 1.43 bits per heavy atom. The second kappa shape index (κ2) is 7.78. The van der Waals surface area contributed by atoms with Crippen molar-refractivity contribution in [2.45, 2.75) is 33.2 Å². The maximum atomic E-state index is 11.3. The first-order valence-electron chi connectivity index (χ1n) is 7.07. The van der Waals surface area contributed by atoms with Crippen LogP contribution in [0.3, 0.4) is 0 Å². The highest BCUT2D eigenvalue weighted by molar-refractivity contribution is 7.13. The highest BCUT2D eigenvalue weighted by atomic mass is 32.1. The molecular weight excluding hydrogens is 284 g/mol. The summed E-state index contributed by atoms with van der Waals surface area (Å²) in [6.45, 7) is 5.08. The van der Waals surface area contributed by atoms with Crippen LogP contribution >= 0.6 is 11.3 Å². The zero-order valence-corrected chi connectivity index (χ0v) is 13.2. The zero-order chi connectivity index (χ0) is 15.1. The number of aryl methyl sites for hydroxylation is 2. The van der Waals surface area contributed by atoms with Gasteiger partial charge in [0, 0.05) is 18.3 Å². The summed E-state index contributed by atoms with van der Waals surface area (Å²) in [4.78, 5) is 15.8. The van der Waals surface area contributed by atoms with Crippen molar-refractivity contribution in [3.63, 3.8) is 0 Å². The van der Waals surface area contributed by atoms with Crippen molar-refractivity contribution in [1.29, 1.82) is 0 Å². The lowest BCUT2D eigenvalue weighted by atomic mass is 10.1. The second-order valence-corrected chi connectivity index (χ2v) is 5.65. The number of nitrogens with zero attached hydrogens (tertiary/aromatic N) is 1. The van der Waals surface area contributed by atoms with E-state index in [4.69, 9.17) is 4.74 Å². The third kappa shape index (κ3) is 5.19. The Kier molecular flexibility index (Phi) is 5.75. The fourth-order valence-electron chi connectivity index (χ4n) is 1.97. The van der Waals surface area contributed by atoms with Crippen LogP contribution in [0, 0.1) is 6.92 Å².